The Labute approximate surface area is 190 Å². The normalized spacial score (nSPS) is 16.0. The standard InChI is InChI=1S/C23H19ClFN3O3S/c1-15(29)28-22(23-18(24)11-7-12-19(23)25)14-21(26-28)17-10-5-6-13-20(17)27-32(30,31)16-8-3-2-4-9-16/h2-13,22,27H,14H2,1H3. The number of nitrogens with one attached hydrogen (secondary N) is 1. The van der Waals surface area contributed by atoms with Gasteiger partial charge < -0.3 is 0 Å². The van der Waals surface area contributed by atoms with Crippen LogP contribution in [0.2, 0.25) is 5.02 Å². The van der Waals surface area contributed by atoms with Gasteiger partial charge >= 0.3 is 0 Å². The summed E-state index contributed by atoms with van der Waals surface area (Å²) in [7, 11) is -3.84. The van der Waals surface area contributed by atoms with Crippen molar-refractivity contribution < 1.29 is 17.6 Å². The SMILES string of the molecule is CC(=O)N1N=C(c2ccccc2NS(=O)(=O)c2ccccc2)CC1c1c(F)cccc1Cl. The summed E-state index contributed by atoms with van der Waals surface area (Å²) in [5.74, 6) is -0.921. The van der Waals surface area contributed by atoms with Crippen molar-refractivity contribution >= 4 is 38.9 Å². The molecule has 3 aromatic carbocycles. The van der Waals surface area contributed by atoms with E-state index in [2.05, 4.69) is 9.82 Å². The second kappa shape index (κ2) is 8.72. The minimum Gasteiger partial charge on any atom is -0.279 e. The van der Waals surface area contributed by atoms with Gasteiger partial charge in [0.2, 0.25) is 5.91 Å². The predicted octanol–water partition coefficient (Wildman–Crippen LogP) is 4.98. The van der Waals surface area contributed by atoms with Gasteiger partial charge in [0.25, 0.3) is 10.0 Å². The zero-order valence-electron chi connectivity index (χ0n) is 17.0. The van der Waals surface area contributed by atoms with Crippen molar-refractivity contribution in [1.82, 2.24) is 5.01 Å². The van der Waals surface area contributed by atoms with E-state index < -0.39 is 21.9 Å². The molecule has 0 saturated carbocycles. The van der Waals surface area contributed by atoms with Gasteiger partial charge in [-0.25, -0.2) is 17.8 Å². The molecule has 1 heterocycles. The van der Waals surface area contributed by atoms with Crippen molar-refractivity contribution in [2.24, 2.45) is 5.10 Å². The molecule has 1 aliphatic heterocycles. The van der Waals surface area contributed by atoms with E-state index in [1.54, 1.807) is 48.5 Å². The topological polar surface area (TPSA) is 78.8 Å². The average molecular weight is 472 g/mol. The van der Waals surface area contributed by atoms with Gasteiger partial charge in [-0.2, -0.15) is 5.10 Å². The minimum atomic E-state index is -3.84. The van der Waals surface area contributed by atoms with Crippen LogP contribution in [-0.2, 0) is 14.8 Å². The van der Waals surface area contributed by atoms with E-state index in [-0.39, 0.29) is 27.8 Å². The first-order valence-corrected chi connectivity index (χ1v) is 11.6. The lowest BCUT2D eigenvalue weighted by atomic mass is 9.97. The maximum absolute atomic E-state index is 14.6. The van der Waals surface area contributed by atoms with Crippen molar-refractivity contribution in [1.29, 1.82) is 0 Å². The van der Waals surface area contributed by atoms with E-state index in [4.69, 9.17) is 11.6 Å². The quantitative estimate of drug-likeness (QED) is 0.570. The average Bonchev–Trinajstić information content (AvgIpc) is 3.19. The Morgan fingerprint density at radius 2 is 1.75 bits per heavy atom. The van der Waals surface area contributed by atoms with Crippen LogP contribution in [0.4, 0.5) is 10.1 Å². The largest absolute Gasteiger partial charge is 0.279 e. The fraction of sp³-hybridized carbons (Fsp3) is 0.130. The van der Waals surface area contributed by atoms with Crippen LogP contribution < -0.4 is 4.72 Å². The van der Waals surface area contributed by atoms with Gasteiger partial charge in [0.15, 0.2) is 0 Å². The molecule has 0 radical (unpaired) electrons. The molecule has 0 aromatic heterocycles. The van der Waals surface area contributed by atoms with Crippen LogP contribution >= 0.6 is 11.6 Å². The monoisotopic (exact) mass is 471 g/mol. The van der Waals surface area contributed by atoms with E-state index in [0.717, 1.165) is 0 Å². The molecule has 6 nitrogen and oxygen atoms in total. The van der Waals surface area contributed by atoms with Crippen LogP contribution in [-0.4, -0.2) is 25.0 Å². The van der Waals surface area contributed by atoms with Crippen LogP contribution in [0, 0.1) is 5.82 Å². The molecule has 0 aliphatic carbocycles. The van der Waals surface area contributed by atoms with Crippen molar-refractivity contribution in [3.63, 3.8) is 0 Å². The molecule has 3 aromatic rings. The fourth-order valence-electron chi connectivity index (χ4n) is 3.64. The Kier molecular flexibility index (Phi) is 5.99. The number of hydrazone groups is 1. The van der Waals surface area contributed by atoms with Gasteiger partial charge in [-0.05, 0) is 30.3 Å². The summed E-state index contributed by atoms with van der Waals surface area (Å²) < 4.78 is 42.8. The number of nitrogens with zero attached hydrogens (tertiary/aromatic N) is 2. The van der Waals surface area contributed by atoms with Gasteiger partial charge in [0, 0.05) is 29.5 Å². The number of amides is 1. The molecule has 9 heteroatoms. The Morgan fingerprint density at radius 3 is 2.44 bits per heavy atom. The number of hydrogen-bond acceptors (Lipinski definition) is 4. The molecule has 1 aliphatic rings. The van der Waals surface area contributed by atoms with Crippen LogP contribution in [0.3, 0.4) is 0 Å². The van der Waals surface area contributed by atoms with Crippen LogP contribution in [0.1, 0.15) is 30.5 Å². The summed E-state index contributed by atoms with van der Waals surface area (Å²) in [5.41, 5.74) is 1.41. The molecule has 32 heavy (non-hydrogen) atoms. The molecule has 164 valence electrons. The third kappa shape index (κ3) is 4.24. The first-order valence-electron chi connectivity index (χ1n) is 9.76. The Morgan fingerprint density at radius 1 is 1.06 bits per heavy atom. The van der Waals surface area contributed by atoms with E-state index >= 15 is 0 Å². The molecular weight excluding hydrogens is 453 g/mol. The molecule has 4 rings (SSSR count). The van der Waals surface area contributed by atoms with E-state index in [0.29, 0.717) is 17.0 Å². The summed E-state index contributed by atoms with van der Waals surface area (Å²) in [4.78, 5) is 12.4. The summed E-state index contributed by atoms with van der Waals surface area (Å²) >= 11 is 6.24. The predicted molar refractivity (Wildman–Crippen MR) is 122 cm³/mol. The van der Waals surface area contributed by atoms with Crippen molar-refractivity contribution in [3.05, 3.63) is 94.8 Å². The number of hydrogen-bond donors (Lipinski definition) is 1. The van der Waals surface area contributed by atoms with Crippen molar-refractivity contribution in [2.75, 3.05) is 4.72 Å². The number of rotatable bonds is 5. The smallest absolute Gasteiger partial charge is 0.261 e. The molecule has 0 saturated heterocycles. The third-order valence-corrected chi connectivity index (χ3v) is 6.81. The molecule has 1 unspecified atom stereocenters. The Balaban J connectivity index is 1.72. The summed E-state index contributed by atoms with van der Waals surface area (Å²) in [6.45, 7) is 1.33. The summed E-state index contributed by atoms with van der Waals surface area (Å²) in [5, 5.41) is 5.77. The van der Waals surface area contributed by atoms with E-state index in [1.165, 1.54) is 36.2 Å². The highest BCUT2D eigenvalue weighted by Crippen LogP contribution is 2.38. The van der Waals surface area contributed by atoms with E-state index in [1.807, 2.05) is 0 Å². The lowest BCUT2D eigenvalue weighted by Gasteiger charge is -2.21. The molecule has 0 bridgehead atoms. The van der Waals surface area contributed by atoms with Crippen LogP contribution in [0.15, 0.2) is 82.8 Å². The molecular formula is C23H19ClFN3O3S. The number of para-hydroxylation sites is 1. The first-order chi connectivity index (χ1) is 15.3. The fourth-order valence-corrected chi connectivity index (χ4v) is 5.03. The minimum absolute atomic E-state index is 0.115. The summed E-state index contributed by atoms with van der Waals surface area (Å²) in [6, 6.07) is 18.3. The highest BCUT2D eigenvalue weighted by Gasteiger charge is 2.35. The van der Waals surface area contributed by atoms with Gasteiger partial charge in [-0.15, -0.1) is 0 Å². The second-order valence-electron chi connectivity index (χ2n) is 7.23. The van der Waals surface area contributed by atoms with Gasteiger partial charge in [0.05, 0.1) is 22.3 Å². The first kappa shape index (κ1) is 22.0. The molecule has 1 N–H and O–H groups in total. The third-order valence-electron chi connectivity index (χ3n) is 5.10. The van der Waals surface area contributed by atoms with Gasteiger partial charge in [-0.3, -0.25) is 9.52 Å². The van der Waals surface area contributed by atoms with Crippen molar-refractivity contribution in [2.45, 2.75) is 24.3 Å². The highest BCUT2D eigenvalue weighted by atomic mass is 35.5. The molecule has 0 fully saturated rings. The molecule has 0 spiro atoms. The lowest BCUT2D eigenvalue weighted by Crippen LogP contribution is -2.25. The number of halogens is 2. The van der Waals surface area contributed by atoms with Gasteiger partial charge in [-0.1, -0.05) is 54.1 Å². The highest BCUT2D eigenvalue weighted by molar-refractivity contribution is 7.92. The van der Waals surface area contributed by atoms with Crippen LogP contribution in [0.25, 0.3) is 0 Å². The van der Waals surface area contributed by atoms with Crippen LogP contribution in [0.5, 0.6) is 0 Å². The Bertz CT molecular complexity index is 1290. The number of carbonyl (C=O) groups excluding carboxylic acids is 1. The maximum atomic E-state index is 14.6. The zero-order chi connectivity index (χ0) is 22.9. The number of benzene rings is 3. The van der Waals surface area contributed by atoms with Crippen molar-refractivity contribution in [3.8, 4) is 0 Å². The number of sulfonamides is 1. The van der Waals surface area contributed by atoms with Gasteiger partial charge in [0.1, 0.15) is 5.82 Å². The lowest BCUT2D eigenvalue weighted by molar-refractivity contribution is -0.130. The number of anilines is 1. The zero-order valence-corrected chi connectivity index (χ0v) is 18.6. The van der Waals surface area contributed by atoms with E-state index in [9.17, 15) is 17.6 Å². The Hall–Kier alpha value is -3.23. The maximum Gasteiger partial charge on any atom is 0.261 e. The number of carbonyl (C=O) groups is 1. The molecule has 1 atom stereocenters. The summed E-state index contributed by atoms with van der Waals surface area (Å²) in [6.07, 6.45) is 0.171. The second-order valence-corrected chi connectivity index (χ2v) is 9.32. The molecule has 1 amide bonds.